The van der Waals surface area contributed by atoms with E-state index in [1.54, 1.807) is 18.2 Å². The number of amides is 1. The Kier molecular flexibility index (Phi) is 5.19. The van der Waals surface area contributed by atoms with Gasteiger partial charge in [-0.15, -0.1) is 0 Å². The van der Waals surface area contributed by atoms with Gasteiger partial charge in [0.1, 0.15) is 0 Å². The van der Waals surface area contributed by atoms with E-state index in [-0.39, 0.29) is 17.6 Å². The van der Waals surface area contributed by atoms with Gasteiger partial charge in [0.2, 0.25) is 5.91 Å². The molecule has 1 saturated heterocycles. The van der Waals surface area contributed by atoms with Crippen LogP contribution < -0.4 is 5.32 Å². The number of nitrogens with one attached hydrogen (secondary N) is 1. The second kappa shape index (κ2) is 6.92. The topological polar surface area (TPSA) is 75.6 Å². The van der Waals surface area contributed by atoms with E-state index in [9.17, 15) is 9.59 Å². The molecule has 2 N–H and O–H groups in total. The molecule has 0 radical (unpaired) electrons. The number of carboxylic acids is 1. The number of hydrogen-bond donors (Lipinski definition) is 2. The second-order valence-corrected chi connectivity index (χ2v) is 6.27. The summed E-state index contributed by atoms with van der Waals surface area (Å²) < 4.78 is 5.73. The minimum atomic E-state index is -0.968. The smallest absolute Gasteiger partial charge is 0.335 e. The highest BCUT2D eigenvalue weighted by molar-refractivity contribution is 5.87. The van der Waals surface area contributed by atoms with Crippen LogP contribution in [-0.4, -0.2) is 29.7 Å². The van der Waals surface area contributed by atoms with Gasteiger partial charge in [-0.25, -0.2) is 4.79 Å². The van der Waals surface area contributed by atoms with Gasteiger partial charge >= 0.3 is 5.97 Å². The summed E-state index contributed by atoms with van der Waals surface area (Å²) in [5.41, 5.74) is 0.403. The lowest BCUT2D eigenvalue weighted by Crippen LogP contribution is -2.46. The molecule has 5 nitrogen and oxygen atoms in total. The summed E-state index contributed by atoms with van der Waals surface area (Å²) in [4.78, 5) is 23.4. The number of aromatic carboxylic acids is 1. The molecule has 0 aromatic heterocycles. The highest BCUT2D eigenvalue weighted by Gasteiger charge is 2.38. The van der Waals surface area contributed by atoms with Gasteiger partial charge in [-0.05, 0) is 50.8 Å². The molecule has 0 spiro atoms. The van der Waals surface area contributed by atoms with Crippen LogP contribution in [0.4, 0.5) is 0 Å². The normalized spacial score (nSPS) is 18.7. The van der Waals surface area contributed by atoms with Gasteiger partial charge < -0.3 is 15.2 Å². The number of hydrogen-bond acceptors (Lipinski definition) is 3. The molecule has 5 heteroatoms. The van der Waals surface area contributed by atoms with Crippen LogP contribution in [0.25, 0.3) is 0 Å². The zero-order valence-corrected chi connectivity index (χ0v) is 13.1. The fourth-order valence-corrected chi connectivity index (χ4v) is 2.68. The van der Waals surface area contributed by atoms with E-state index in [4.69, 9.17) is 9.84 Å². The molecule has 1 atom stereocenters. The molecule has 1 aliphatic rings. The lowest BCUT2D eigenvalue weighted by Gasteiger charge is -2.35. The molecular formula is C17H23NO4. The van der Waals surface area contributed by atoms with Crippen molar-refractivity contribution in [3.63, 3.8) is 0 Å². The highest BCUT2D eigenvalue weighted by atomic mass is 16.5. The van der Waals surface area contributed by atoms with Crippen molar-refractivity contribution in [3.8, 4) is 0 Å². The Bertz CT molecular complexity index is 547. The van der Waals surface area contributed by atoms with E-state index in [0.717, 1.165) is 24.8 Å². The molecule has 22 heavy (non-hydrogen) atoms. The third kappa shape index (κ3) is 3.85. The van der Waals surface area contributed by atoms with Gasteiger partial charge in [-0.2, -0.15) is 0 Å². The first-order valence-corrected chi connectivity index (χ1v) is 7.63. The number of carbonyl (C=O) groups is 2. The van der Waals surface area contributed by atoms with Crippen LogP contribution in [0.2, 0.25) is 0 Å². The SMILES string of the molecule is CC(C)(C(=O)NCc1cccc(C(=O)O)c1)C1CCCCO1. The van der Waals surface area contributed by atoms with Gasteiger partial charge in [0, 0.05) is 13.2 Å². The molecule has 1 aliphatic heterocycles. The van der Waals surface area contributed by atoms with Gasteiger partial charge in [0.05, 0.1) is 17.1 Å². The summed E-state index contributed by atoms with van der Waals surface area (Å²) in [7, 11) is 0. The van der Waals surface area contributed by atoms with Gasteiger partial charge in [-0.3, -0.25) is 4.79 Å². The predicted molar refractivity (Wildman–Crippen MR) is 82.6 cm³/mol. The molecule has 0 bridgehead atoms. The lowest BCUT2D eigenvalue weighted by molar-refractivity contribution is -0.141. The van der Waals surface area contributed by atoms with E-state index < -0.39 is 11.4 Å². The van der Waals surface area contributed by atoms with E-state index in [2.05, 4.69) is 5.32 Å². The van der Waals surface area contributed by atoms with Gasteiger partial charge in [0.25, 0.3) is 0 Å². The predicted octanol–water partition coefficient (Wildman–Crippen LogP) is 2.60. The van der Waals surface area contributed by atoms with Crippen LogP contribution in [0.15, 0.2) is 24.3 Å². The minimum Gasteiger partial charge on any atom is -0.478 e. The van der Waals surface area contributed by atoms with Crippen molar-refractivity contribution < 1.29 is 19.4 Å². The first-order valence-electron chi connectivity index (χ1n) is 7.63. The zero-order chi connectivity index (χ0) is 16.2. The van der Waals surface area contributed by atoms with E-state index in [1.165, 1.54) is 6.07 Å². The number of benzene rings is 1. The molecule has 120 valence electrons. The van der Waals surface area contributed by atoms with Gasteiger partial charge in [-0.1, -0.05) is 12.1 Å². The number of rotatable bonds is 5. The van der Waals surface area contributed by atoms with Gasteiger partial charge in [0.15, 0.2) is 0 Å². The number of ether oxygens (including phenoxy) is 1. The van der Waals surface area contributed by atoms with E-state index in [0.29, 0.717) is 13.2 Å². The minimum absolute atomic E-state index is 0.0633. The van der Waals surface area contributed by atoms with Crippen LogP contribution >= 0.6 is 0 Å². The Balaban J connectivity index is 1.96. The van der Waals surface area contributed by atoms with Crippen molar-refractivity contribution in [2.75, 3.05) is 6.61 Å². The summed E-state index contributed by atoms with van der Waals surface area (Å²) in [5, 5.41) is 11.9. The Morgan fingerprint density at radius 2 is 2.14 bits per heavy atom. The monoisotopic (exact) mass is 305 g/mol. The van der Waals surface area contributed by atoms with Crippen LogP contribution in [-0.2, 0) is 16.1 Å². The van der Waals surface area contributed by atoms with Crippen molar-refractivity contribution in [3.05, 3.63) is 35.4 Å². The van der Waals surface area contributed by atoms with Crippen molar-refractivity contribution in [1.29, 1.82) is 0 Å². The summed E-state index contributed by atoms with van der Waals surface area (Å²) >= 11 is 0. The summed E-state index contributed by atoms with van der Waals surface area (Å²) in [6, 6.07) is 6.59. The molecule has 0 saturated carbocycles. The fraction of sp³-hybridized carbons (Fsp3) is 0.529. The third-order valence-corrected chi connectivity index (χ3v) is 4.20. The maximum absolute atomic E-state index is 12.4. The molecule has 1 aromatic carbocycles. The highest BCUT2D eigenvalue weighted by Crippen LogP contribution is 2.30. The molecule has 1 heterocycles. The molecule has 1 fully saturated rings. The second-order valence-electron chi connectivity index (χ2n) is 6.27. The number of carbonyl (C=O) groups excluding carboxylic acids is 1. The average molecular weight is 305 g/mol. The first kappa shape index (κ1) is 16.5. The van der Waals surface area contributed by atoms with Crippen LogP contribution in [0.1, 0.15) is 49.0 Å². The van der Waals surface area contributed by atoms with E-state index >= 15 is 0 Å². The molecule has 1 unspecified atom stereocenters. The molecule has 1 amide bonds. The van der Waals surface area contributed by atoms with Crippen molar-refractivity contribution >= 4 is 11.9 Å². The van der Waals surface area contributed by atoms with E-state index in [1.807, 2.05) is 13.8 Å². The standard InChI is InChI=1S/C17H23NO4/c1-17(2,14-8-3-4-9-22-14)16(21)18-11-12-6-5-7-13(10-12)15(19)20/h5-7,10,14H,3-4,8-9,11H2,1-2H3,(H,18,21)(H,19,20). The molecule has 2 rings (SSSR count). The maximum atomic E-state index is 12.4. The average Bonchev–Trinajstić information content (AvgIpc) is 2.53. The Labute approximate surface area is 130 Å². The van der Waals surface area contributed by atoms with Crippen molar-refractivity contribution in [2.24, 2.45) is 5.41 Å². The fourth-order valence-electron chi connectivity index (χ4n) is 2.68. The van der Waals surface area contributed by atoms with Crippen molar-refractivity contribution in [2.45, 2.75) is 45.8 Å². The first-order chi connectivity index (χ1) is 10.4. The Morgan fingerprint density at radius 1 is 1.36 bits per heavy atom. The largest absolute Gasteiger partial charge is 0.478 e. The Hall–Kier alpha value is -1.88. The Morgan fingerprint density at radius 3 is 2.77 bits per heavy atom. The molecule has 1 aromatic rings. The molecular weight excluding hydrogens is 282 g/mol. The summed E-state index contributed by atoms with van der Waals surface area (Å²) in [6.45, 7) is 4.82. The zero-order valence-electron chi connectivity index (χ0n) is 13.1. The summed E-state index contributed by atoms with van der Waals surface area (Å²) in [5.74, 6) is -1.04. The third-order valence-electron chi connectivity index (χ3n) is 4.20. The van der Waals surface area contributed by atoms with Crippen LogP contribution in [0.3, 0.4) is 0 Å². The molecule has 0 aliphatic carbocycles. The summed E-state index contributed by atoms with van der Waals surface area (Å²) in [6.07, 6.45) is 2.97. The van der Waals surface area contributed by atoms with Crippen LogP contribution in [0, 0.1) is 5.41 Å². The maximum Gasteiger partial charge on any atom is 0.335 e. The number of carboxylic acid groups (broad SMARTS) is 1. The van der Waals surface area contributed by atoms with Crippen LogP contribution in [0.5, 0.6) is 0 Å². The quantitative estimate of drug-likeness (QED) is 0.876. The van der Waals surface area contributed by atoms with Crippen molar-refractivity contribution in [1.82, 2.24) is 5.32 Å². The lowest BCUT2D eigenvalue weighted by atomic mass is 9.81.